The minimum atomic E-state index is -0.739. The van der Waals surface area contributed by atoms with E-state index in [1.807, 2.05) is 17.5 Å². The van der Waals surface area contributed by atoms with Crippen LogP contribution in [0.25, 0.3) is 10.8 Å². The van der Waals surface area contributed by atoms with Gasteiger partial charge >= 0.3 is 5.97 Å². The van der Waals surface area contributed by atoms with E-state index >= 15 is 0 Å². The topological polar surface area (TPSA) is 92.9 Å². The molecule has 8 nitrogen and oxygen atoms in total. The van der Waals surface area contributed by atoms with Gasteiger partial charge in [0.05, 0.1) is 26.2 Å². The van der Waals surface area contributed by atoms with Crippen molar-refractivity contribution in [3.63, 3.8) is 0 Å². The first-order chi connectivity index (χ1) is 13.1. The molecule has 0 N–H and O–H groups in total. The van der Waals surface area contributed by atoms with Crippen LogP contribution in [0.3, 0.4) is 0 Å². The Bertz CT molecular complexity index is 922. The van der Waals surface area contributed by atoms with Crippen LogP contribution < -0.4 is 14.2 Å². The Hall–Kier alpha value is -3.07. The summed E-state index contributed by atoms with van der Waals surface area (Å²) >= 11 is 1.48. The molecular weight excluding hydrogens is 372 g/mol. The zero-order chi connectivity index (χ0) is 19.4. The maximum absolute atomic E-state index is 12.6. The molecule has 1 aromatic carbocycles. The van der Waals surface area contributed by atoms with Crippen LogP contribution in [0, 0.1) is 0 Å². The van der Waals surface area contributed by atoms with Crippen molar-refractivity contribution in [3.05, 3.63) is 41.1 Å². The number of ether oxygens (including phenoxy) is 4. The number of hydrogen-bond donors (Lipinski definition) is 0. The van der Waals surface area contributed by atoms with Gasteiger partial charge in [-0.25, -0.2) is 4.79 Å². The summed E-state index contributed by atoms with van der Waals surface area (Å²) in [5.74, 6) is 0.934. The van der Waals surface area contributed by atoms with Crippen LogP contribution in [-0.2, 0) is 4.74 Å². The van der Waals surface area contributed by atoms with Gasteiger partial charge in [0.2, 0.25) is 5.75 Å². The Morgan fingerprint density at radius 2 is 1.85 bits per heavy atom. The van der Waals surface area contributed by atoms with E-state index in [0.717, 1.165) is 4.88 Å². The number of carbonyl (C=O) groups is 1. The van der Waals surface area contributed by atoms with Crippen molar-refractivity contribution in [2.24, 2.45) is 0 Å². The van der Waals surface area contributed by atoms with Crippen LogP contribution in [0.5, 0.6) is 17.2 Å². The number of methoxy groups -OCH3 is 3. The number of carbonyl (C=O) groups excluding carboxylic acids is 1. The molecule has 0 amide bonds. The summed E-state index contributed by atoms with van der Waals surface area (Å²) in [7, 11) is 4.39. The zero-order valence-corrected chi connectivity index (χ0v) is 16.0. The standard InChI is InChI=1S/C18H18N2O6S/c1-10(16-19-20-17(26-16)13-6-5-9-27-13)25-18(21)11-7-8-12(22-2)15(24-4)14(11)23-3/h5-10H,1-4H3/t10-/m0/s1. The molecule has 3 aromatic rings. The molecule has 9 heteroatoms. The van der Waals surface area contributed by atoms with Gasteiger partial charge in [-0.2, -0.15) is 0 Å². The van der Waals surface area contributed by atoms with Gasteiger partial charge in [0.25, 0.3) is 11.8 Å². The molecule has 0 spiro atoms. The molecule has 2 aromatic heterocycles. The first kappa shape index (κ1) is 18.7. The fourth-order valence-electron chi connectivity index (χ4n) is 2.44. The van der Waals surface area contributed by atoms with Gasteiger partial charge in [-0.15, -0.1) is 21.5 Å². The van der Waals surface area contributed by atoms with Crippen LogP contribution in [0.2, 0.25) is 0 Å². The van der Waals surface area contributed by atoms with Gasteiger partial charge in [0, 0.05) is 0 Å². The van der Waals surface area contributed by atoms with E-state index in [1.54, 1.807) is 19.1 Å². The van der Waals surface area contributed by atoms with Crippen LogP contribution in [0.15, 0.2) is 34.1 Å². The molecule has 0 fully saturated rings. The second-order valence-corrected chi connectivity index (χ2v) is 6.30. The molecule has 3 rings (SSSR count). The highest BCUT2D eigenvalue weighted by atomic mass is 32.1. The molecule has 0 aliphatic carbocycles. The molecule has 0 unspecified atom stereocenters. The molecule has 2 heterocycles. The molecule has 27 heavy (non-hydrogen) atoms. The van der Waals surface area contributed by atoms with E-state index in [2.05, 4.69) is 10.2 Å². The van der Waals surface area contributed by atoms with Gasteiger partial charge in [0.15, 0.2) is 17.6 Å². The first-order valence-corrected chi connectivity index (χ1v) is 8.84. The summed E-state index contributed by atoms with van der Waals surface area (Å²) in [5, 5.41) is 9.85. The third-order valence-electron chi connectivity index (χ3n) is 3.73. The number of esters is 1. The lowest BCUT2D eigenvalue weighted by atomic mass is 10.1. The van der Waals surface area contributed by atoms with Crippen molar-refractivity contribution in [1.29, 1.82) is 0 Å². The second kappa shape index (κ2) is 8.09. The van der Waals surface area contributed by atoms with Crippen molar-refractivity contribution in [2.75, 3.05) is 21.3 Å². The predicted molar refractivity (Wildman–Crippen MR) is 97.5 cm³/mol. The Morgan fingerprint density at radius 3 is 2.48 bits per heavy atom. The summed E-state index contributed by atoms with van der Waals surface area (Å²) in [5.41, 5.74) is 0.194. The second-order valence-electron chi connectivity index (χ2n) is 5.35. The molecule has 0 saturated heterocycles. The van der Waals surface area contributed by atoms with Crippen molar-refractivity contribution >= 4 is 17.3 Å². The number of thiophene rings is 1. The van der Waals surface area contributed by atoms with Gasteiger partial charge in [-0.05, 0) is 30.5 Å². The van der Waals surface area contributed by atoms with E-state index in [4.69, 9.17) is 23.4 Å². The Morgan fingerprint density at radius 1 is 1.07 bits per heavy atom. The SMILES string of the molecule is COc1ccc(C(=O)O[C@@H](C)c2nnc(-c3cccs3)o2)c(OC)c1OC. The molecular formula is C18H18N2O6S. The highest BCUT2D eigenvalue weighted by molar-refractivity contribution is 7.13. The quantitative estimate of drug-likeness (QED) is 0.563. The smallest absolute Gasteiger partial charge is 0.342 e. The molecule has 0 aliphatic heterocycles. The number of benzene rings is 1. The largest absolute Gasteiger partial charge is 0.493 e. The Kier molecular flexibility index (Phi) is 5.60. The van der Waals surface area contributed by atoms with E-state index in [9.17, 15) is 4.79 Å². The molecule has 142 valence electrons. The average Bonchev–Trinajstić information content (AvgIpc) is 3.37. The van der Waals surface area contributed by atoms with Crippen LogP contribution >= 0.6 is 11.3 Å². The van der Waals surface area contributed by atoms with Crippen LogP contribution in [0.4, 0.5) is 0 Å². The Balaban J connectivity index is 1.81. The van der Waals surface area contributed by atoms with Gasteiger partial charge < -0.3 is 23.4 Å². The number of rotatable bonds is 7. The maximum atomic E-state index is 12.6. The van der Waals surface area contributed by atoms with Gasteiger partial charge in [-0.3, -0.25) is 0 Å². The summed E-state index contributed by atoms with van der Waals surface area (Å²) in [6, 6.07) is 6.90. The zero-order valence-electron chi connectivity index (χ0n) is 15.2. The Labute approximate surface area is 159 Å². The van der Waals surface area contributed by atoms with Crippen molar-refractivity contribution in [3.8, 4) is 28.0 Å². The fourth-order valence-corrected chi connectivity index (χ4v) is 3.08. The molecule has 0 radical (unpaired) electrons. The van der Waals surface area contributed by atoms with Crippen LogP contribution in [0.1, 0.15) is 29.3 Å². The molecule has 1 atom stereocenters. The lowest BCUT2D eigenvalue weighted by Gasteiger charge is -2.16. The van der Waals surface area contributed by atoms with Crippen molar-refractivity contribution in [1.82, 2.24) is 10.2 Å². The molecule has 0 saturated carbocycles. The summed E-state index contributed by atoms with van der Waals surface area (Å²) in [4.78, 5) is 13.5. The predicted octanol–water partition coefficient (Wildman–Crippen LogP) is 3.74. The first-order valence-electron chi connectivity index (χ1n) is 7.96. The monoisotopic (exact) mass is 390 g/mol. The fraction of sp³-hybridized carbons (Fsp3) is 0.278. The van der Waals surface area contributed by atoms with E-state index in [0.29, 0.717) is 17.4 Å². The summed E-state index contributed by atoms with van der Waals surface area (Å²) < 4.78 is 26.9. The minimum Gasteiger partial charge on any atom is -0.493 e. The highest BCUT2D eigenvalue weighted by Crippen LogP contribution is 2.40. The van der Waals surface area contributed by atoms with Crippen LogP contribution in [-0.4, -0.2) is 37.5 Å². The van der Waals surface area contributed by atoms with E-state index in [-0.39, 0.29) is 17.2 Å². The maximum Gasteiger partial charge on any atom is 0.342 e. The molecule has 0 aliphatic rings. The number of aromatic nitrogens is 2. The molecule has 0 bridgehead atoms. The van der Waals surface area contributed by atoms with E-state index in [1.165, 1.54) is 32.7 Å². The lowest BCUT2D eigenvalue weighted by Crippen LogP contribution is -2.11. The van der Waals surface area contributed by atoms with E-state index < -0.39 is 12.1 Å². The third-order valence-corrected chi connectivity index (χ3v) is 4.59. The summed E-state index contributed by atoms with van der Waals surface area (Å²) in [6.45, 7) is 1.65. The normalized spacial score (nSPS) is 11.7. The lowest BCUT2D eigenvalue weighted by molar-refractivity contribution is 0.0276. The van der Waals surface area contributed by atoms with Crippen molar-refractivity contribution < 1.29 is 28.2 Å². The van der Waals surface area contributed by atoms with Crippen molar-refractivity contribution in [2.45, 2.75) is 13.0 Å². The van der Waals surface area contributed by atoms with Gasteiger partial charge in [0.1, 0.15) is 5.56 Å². The number of hydrogen-bond acceptors (Lipinski definition) is 9. The highest BCUT2D eigenvalue weighted by Gasteiger charge is 2.25. The summed E-state index contributed by atoms with van der Waals surface area (Å²) in [6.07, 6.45) is -0.739. The van der Waals surface area contributed by atoms with Gasteiger partial charge in [-0.1, -0.05) is 6.07 Å². The average molecular weight is 390 g/mol. The number of nitrogens with zero attached hydrogens (tertiary/aromatic N) is 2. The third kappa shape index (κ3) is 3.72. The minimum absolute atomic E-state index is 0.194.